The van der Waals surface area contributed by atoms with E-state index in [-0.39, 0.29) is 5.91 Å². The zero-order chi connectivity index (χ0) is 19.7. The molecule has 1 amide bonds. The van der Waals surface area contributed by atoms with Crippen molar-refractivity contribution in [1.82, 2.24) is 15.0 Å². The summed E-state index contributed by atoms with van der Waals surface area (Å²) in [5.41, 5.74) is 1.64. The van der Waals surface area contributed by atoms with Crippen LogP contribution in [0.4, 0.5) is 17.3 Å². The Kier molecular flexibility index (Phi) is 4.89. The first-order chi connectivity index (χ1) is 13.4. The van der Waals surface area contributed by atoms with Crippen molar-refractivity contribution in [3.63, 3.8) is 0 Å². The number of pyridine rings is 1. The smallest absolute Gasteiger partial charge is 0.230 e. The van der Waals surface area contributed by atoms with Crippen LogP contribution in [0, 0.1) is 5.41 Å². The number of aromatic nitrogens is 3. The molecule has 4 heterocycles. The molecule has 0 aliphatic carbocycles. The van der Waals surface area contributed by atoms with Crippen molar-refractivity contribution in [3.8, 4) is 0 Å². The fourth-order valence-electron chi connectivity index (χ4n) is 3.13. The van der Waals surface area contributed by atoms with Crippen molar-refractivity contribution in [2.75, 3.05) is 41.3 Å². The van der Waals surface area contributed by atoms with Gasteiger partial charge < -0.3 is 15.1 Å². The van der Waals surface area contributed by atoms with Crippen molar-refractivity contribution in [3.05, 3.63) is 36.1 Å². The van der Waals surface area contributed by atoms with Gasteiger partial charge in [-0.15, -0.1) is 11.3 Å². The van der Waals surface area contributed by atoms with Crippen LogP contribution < -0.4 is 15.1 Å². The number of hydrogen-bond donors (Lipinski definition) is 1. The number of rotatable bonds is 3. The predicted molar refractivity (Wildman–Crippen MR) is 114 cm³/mol. The highest BCUT2D eigenvalue weighted by Gasteiger charge is 2.23. The number of piperazine rings is 1. The van der Waals surface area contributed by atoms with Crippen LogP contribution in [0.1, 0.15) is 20.8 Å². The summed E-state index contributed by atoms with van der Waals surface area (Å²) in [6.45, 7) is 9.24. The molecule has 0 bridgehead atoms. The lowest BCUT2D eigenvalue weighted by molar-refractivity contribution is -0.123. The van der Waals surface area contributed by atoms with E-state index in [1.165, 1.54) is 0 Å². The van der Waals surface area contributed by atoms with Crippen LogP contribution in [0.15, 0.2) is 36.1 Å². The van der Waals surface area contributed by atoms with Crippen molar-refractivity contribution in [2.24, 2.45) is 5.41 Å². The van der Waals surface area contributed by atoms with Crippen LogP contribution in [-0.4, -0.2) is 47.0 Å². The van der Waals surface area contributed by atoms with Crippen molar-refractivity contribution in [2.45, 2.75) is 20.8 Å². The summed E-state index contributed by atoms with van der Waals surface area (Å²) in [7, 11) is 0. The van der Waals surface area contributed by atoms with Gasteiger partial charge in [0.25, 0.3) is 0 Å². The molecular weight excluding hydrogens is 372 g/mol. The average molecular weight is 397 g/mol. The molecule has 1 N–H and O–H groups in total. The van der Waals surface area contributed by atoms with Crippen molar-refractivity contribution < 1.29 is 4.79 Å². The molecule has 3 aromatic rings. The first kappa shape index (κ1) is 18.6. The molecule has 4 rings (SSSR count). The van der Waals surface area contributed by atoms with Crippen molar-refractivity contribution in [1.29, 1.82) is 0 Å². The lowest BCUT2D eigenvalue weighted by Crippen LogP contribution is -2.46. The molecule has 0 aromatic carbocycles. The summed E-state index contributed by atoms with van der Waals surface area (Å²) in [6.07, 6.45) is 3.47. The maximum absolute atomic E-state index is 12.1. The molecular formula is C20H24N6OS. The van der Waals surface area contributed by atoms with Gasteiger partial charge in [-0.2, -0.15) is 0 Å². The number of fused-ring (bicyclic) bond motifs is 1. The van der Waals surface area contributed by atoms with Gasteiger partial charge in [-0.25, -0.2) is 15.0 Å². The molecule has 1 aliphatic heterocycles. The first-order valence-corrected chi connectivity index (χ1v) is 10.3. The highest BCUT2D eigenvalue weighted by Crippen LogP contribution is 2.29. The van der Waals surface area contributed by atoms with E-state index < -0.39 is 5.41 Å². The van der Waals surface area contributed by atoms with Crippen LogP contribution in [0.5, 0.6) is 0 Å². The van der Waals surface area contributed by atoms with E-state index in [1.54, 1.807) is 17.7 Å². The Morgan fingerprint density at radius 1 is 1.04 bits per heavy atom. The van der Waals surface area contributed by atoms with Gasteiger partial charge >= 0.3 is 0 Å². The quantitative estimate of drug-likeness (QED) is 0.731. The second kappa shape index (κ2) is 7.35. The fraction of sp³-hybridized carbons (Fsp3) is 0.400. The molecule has 8 heteroatoms. The van der Waals surface area contributed by atoms with Gasteiger partial charge in [0.2, 0.25) is 5.91 Å². The summed E-state index contributed by atoms with van der Waals surface area (Å²) in [5.74, 6) is 1.58. The number of hydrogen-bond acceptors (Lipinski definition) is 7. The molecule has 0 spiro atoms. The standard InChI is InChI=1S/C20H24N6OS/c1-20(2,3)19(27)24-16-5-4-14(12-21-16)25-7-9-26(10-8-25)18-17-15(6-11-28-17)22-13-23-18/h4-6,11-13H,7-10H2,1-3H3,(H,21,24,27). The number of thiophene rings is 1. The van der Waals surface area contributed by atoms with Crippen LogP contribution in [0.25, 0.3) is 10.2 Å². The molecule has 146 valence electrons. The minimum absolute atomic E-state index is 0.0360. The van der Waals surface area contributed by atoms with E-state index in [9.17, 15) is 4.79 Å². The molecule has 1 saturated heterocycles. The number of amides is 1. The Labute approximate surface area is 168 Å². The molecule has 3 aromatic heterocycles. The minimum Gasteiger partial charge on any atom is -0.367 e. The van der Waals surface area contributed by atoms with Crippen LogP contribution in [-0.2, 0) is 4.79 Å². The molecule has 0 radical (unpaired) electrons. The van der Waals surface area contributed by atoms with Gasteiger partial charge in [0, 0.05) is 31.6 Å². The van der Waals surface area contributed by atoms with Gasteiger partial charge in [-0.1, -0.05) is 20.8 Å². The lowest BCUT2D eigenvalue weighted by Gasteiger charge is -2.36. The molecule has 7 nitrogen and oxygen atoms in total. The van der Waals surface area contributed by atoms with Crippen LogP contribution in [0.3, 0.4) is 0 Å². The van der Waals surface area contributed by atoms with Gasteiger partial charge in [0.15, 0.2) is 0 Å². The summed E-state index contributed by atoms with van der Waals surface area (Å²) in [5, 5.41) is 4.93. The zero-order valence-electron chi connectivity index (χ0n) is 16.3. The third-order valence-electron chi connectivity index (χ3n) is 4.84. The van der Waals surface area contributed by atoms with E-state index in [1.807, 2.05) is 45.2 Å². The van der Waals surface area contributed by atoms with Gasteiger partial charge in [-0.3, -0.25) is 4.79 Å². The highest BCUT2D eigenvalue weighted by atomic mass is 32.1. The molecule has 28 heavy (non-hydrogen) atoms. The Morgan fingerprint density at radius 2 is 1.79 bits per heavy atom. The van der Waals surface area contributed by atoms with E-state index in [0.29, 0.717) is 5.82 Å². The number of nitrogens with one attached hydrogen (secondary N) is 1. The number of nitrogens with zero attached hydrogens (tertiary/aromatic N) is 5. The molecule has 1 aliphatic rings. The van der Waals surface area contributed by atoms with Gasteiger partial charge in [0.1, 0.15) is 18.0 Å². The van der Waals surface area contributed by atoms with Crippen molar-refractivity contribution >= 4 is 44.8 Å². The Hall–Kier alpha value is -2.74. The molecule has 0 unspecified atom stereocenters. The summed E-state index contributed by atoms with van der Waals surface area (Å²) in [6, 6.07) is 5.92. The summed E-state index contributed by atoms with van der Waals surface area (Å²) >= 11 is 1.69. The van der Waals surface area contributed by atoms with E-state index in [0.717, 1.165) is 47.9 Å². The van der Waals surface area contributed by atoms with Gasteiger partial charge in [0.05, 0.1) is 22.1 Å². The molecule has 0 atom stereocenters. The lowest BCUT2D eigenvalue weighted by atomic mass is 9.96. The van der Waals surface area contributed by atoms with E-state index in [2.05, 4.69) is 35.4 Å². The third-order valence-corrected chi connectivity index (χ3v) is 5.74. The SMILES string of the molecule is CC(C)(C)C(=O)Nc1ccc(N2CCN(c3ncnc4ccsc34)CC2)cn1. The number of anilines is 3. The number of carbonyl (C=O) groups is 1. The zero-order valence-corrected chi connectivity index (χ0v) is 17.2. The number of carbonyl (C=O) groups excluding carboxylic acids is 1. The maximum Gasteiger partial charge on any atom is 0.230 e. The maximum atomic E-state index is 12.1. The Morgan fingerprint density at radius 3 is 2.46 bits per heavy atom. The Balaban J connectivity index is 1.40. The second-order valence-electron chi connectivity index (χ2n) is 7.91. The predicted octanol–water partition coefficient (Wildman–Crippen LogP) is 3.40. The average Bonchev–Trinajstić information content (AvgIpc) is 3.17. The highest BCUT2D eigenvalue weighted by molar-refractivity contribution is 7.17. The Bertz CT molecular complexity index is 970. The monoisotopic (exact) mass is 396 g/mol. The molecule has 0 saturated carbocycles. The fourth-order valence-corrected chi connectivity index (χ4v) is 3.99. The normalized spacial score (nSPS) is 15.1. The topological polar surface area (TPSA) is 74.2 Å². The molecule has 1 fully saturated rings. The summed E-state index contributed by atoms with van der Waals surface area (Å²) in [4.78, 5) is 30.0. The first-order valence-electron chi connectivity index (χ1n) is 9.37. The second-order valence-corrected chi connectivity index (χ2v) is 8.83. The van der Waals surface area contributed by atoms with Crippen LogP contribution >= 0.6 is 11.3 Å². The van der Waals surface area contributed by atoms with E-state index in [4.69, 9.17) is 0 Å². The minimum atomic E-state index is -0.439. The van der Waals surface area contributed by atoms with Gasteiger partial charge in [-0.05, 0) is 23.6 Å². The summed E-state index contributed by atoms with van der Waals surface area (Å²) < 4.78 is 1.15. The van der Waals surface area contributed by atoms with E-state index >= 15 is 0 Å². The largest absolute Gasteiger partial charge is 0.367 e. The third kappa shape index (κ3) is 3.77. The van der Waals surface area contributed by atoms with Crippen LogP contribution in [0.2, 0.25) is 0 Å².